The van der Waals surface area contributed by atoms with Crippen LogP contribution in [-0.4, -0.2) is 52.3 Å². The molecule has 2 rings (SSSR count). The summed E-state index contributed by atoms with van der Waals surface area (Å²) >= 11 is 0. The third kappa shape index (κ3) is 6.22. The van der Waals surface area contributed by atoms with Crippen LogP contribution in [0.5, 0.6) is 5.75 Å². The lowest BCUT2D eigenvalue weighted by Gasteiger charge is -2.08. The highest BCUT2D eigenvalue weighted by Crippen LogP contribution is 2.13. The van der Waals surface area contributed by atoms with Gasteiger partial charge in [0.05, 0.1) is 19.3 Å². The van der Waals surface area contributed by atoms with Crippen LogP contribution in [0.2, 0.25) is 0 Å². The van der Waals surface area contributed by atoms with Gasteiger partial charge in [-0.25, -0.2) is 4.68 Å². The Hall–Kier alpha value is -2.94. The molecule has 0 saturated carbocycles. The summed E-state index contributed by atoms with van der Waals surface area (Å²) in [5, 5.41) is 18.9. The van der Waals surface area contributed by atoms with Gasteiger partial charge in [0.1, 0.15) is 18.0 Å². The number of methoxy groups -OCH3 is 1. The molecule has 0 spiro atoms. The number of benzene rings is 1. The lowest BCUT2D eigenvalue weighted by atomic mass is 10.2. The maximum absolute atomic E-state index is 12.2. The average Bonchev–Trinajstić information content (AvgIpc) is 3.03. The number of hydrogen-bond acceptors (Lipinski definition) is 6. The fraction of sp³-hybridized carbons (Fsp3) is 0.375. The number of carboxylic acid groups (broad SMARTS) is 1. The third-order valence-electron chi connectivity index (χ3n) is 3.17. The van der Waals surface area contributed by atoms with Crippen LogP contribution < -0.4 is 10.1 Å². The van der Waals surface area contributed by atoms with Crippen molar-refractivity contribution < 1.29 is 24.2 Å². The minimum atomic E-state index is -1.01. The number of aliphatic carboxylic acids is 1. The SMILES string of the molecule is COCCCOc1cccc(C(=O)NCc2cn(CC(=O)O)nn2)c1. The monoisotopic (exact) mass is 348 g/mol. The van der Waals surface area contributed by atoms with Crippen LogP contribution in [0.25, 0.3) is 0 Å². The minimum absolute atomic E-state index is 0.150. The zero-order chi connectivity index (χ0) is 18.1. The molecule has 1 aromatic carbocycles. The first kappa shape index (κ1) is 18.4. The first-order valence-corrected chi connectivity index (χ1v) is 7.69. The summed E-state index contributed by atoms with van der Waals surface area (Å²) < 4.78 is 11.7. The van der Waals surface area contributed by atoms with Gasteiger partial charge in [-0.15, -0.1) is 5.10 Å². The molecule has 2 N–H and O–H groups in total. The fourth-order valence-electron chi connectivity index (χ4n) is 2.03. The van der Waals surface area contributed by atoms with Gasteiger partial charge in [0.2, 0.25) is 0 Å². The van der Waals surface area contributed by atoms with Crippen molar-refractivity contribution in [2.75, 3.05) is 20.3 Å². The van der Waals surface area contributed by atoms with Gasteiger partial charge >= 0.3 is 5.97 Å². The lowest BCUT2D eigenvalue weighted by Crippen LogP contribution is -2.23. The number of ether oxygens (including phenoxy) is 2. The van der Waals surface area contributed by atoms with Gasteiger partial charge < -0.3 is 19.9 Å². The van der Waals surface area contributed by atoms with E-state index in [0.717, 1.165) is 6.42 Å². The zero-order valence-electron chi connectivity index (χ0n) is 13.8. The molecule has 25 heavy (non-hydrogen) atoms. The van der Waals surface area contributed by atoms with E-state index >= 15 is 0 Å². The Kier molecular flexibility index (Phi) is 6.90. The molecule has 1 aromatic heterocycles. The Bertz CT molecular complexity index is 716. The Morgan fingerprint density at radius 1 is 1.32 bits per heavy atom. The number of carbonyl (C=O) groups is 2. The van der Waals surface area contributed by atoms with Crippen molar-refractivity contribution in [1.82, 2.24) is 20.3 Å². The minimum Gasteiger partial charge on any atom is -0.493 e. The largest absolute Gasteiger partial charge is 0.493 e. The third-order valence-corrected chi connectivity index (χ3v) is 3.17. The van der Waals surface area contributed by atoms with Crippen molar-refractivity contribution in [3.8, 4) is 5.75 Å². The molecule has 9 heteroatoms. The highest BCUT2D eigenvalue weighted by Gasteiger charge is 2.09. The summed E-state index contributed by atoms with van der Waals surface area (Å²) in [4.78, 5) is 22.8. The van der Waals surface area contributed by atoms with Crippen LogP contribution in [0.15, 0.2) is 30.5 Å². The summed E-state index contributed by atoms with van der Waals surface area (Å²) in [5.41, 5.74) is 0.934. The average molecular weight is 348 g/mol. The molecular formula is C16H20N4O5. The van der Waals surface area contributed by atoms with E-state index in [0.29, 0.717) is 30.2 Å². The van der Waals surface area contributed by atoms with Gasteiger partial charge in [0.15, 0.2) is 0 Å². The maximum Gasteiger partial charge on any atom is 0.325 e. The second kappa shape index (κ2) is 9.38. The van der Waals surface area contributed by atoms with E-state index < -0.39 is 5.97 Å². The molecule has 0 aliphatic rings. The Morgan fingerprint density at radius 3 is 2.92 bits per heavy atom. The smallest absolute Gasteiger partial charge is 0.325 e. The predicted molar refractivity (Wildman–Crippen MR) is 87.3 cm³/mol. The number of aromatic nitrogens is 3. The van der Waals surface area contributed by atoms with Gasteiger partial charge in [-0.05, 0) is 18.2 Å². The van der Waals surface area contributed by atoms with Gasteiger partial charge in [0.25, 0.3) is 5.91 Å². The van der Waals surface area contributed by atoms with E-state index in [1.165, 1.54) is 10.9 Å². The summed E-state index contributed by atoms with van der Waals surface area (Å²) in [7, 11) is 1.63. The van der Waals surface area contributed by atoms with E-state index in [1.54, 1.807) is 31.4 Å². The van der Waals surface area contributed by atoms with Crippen molar-refractivity contribution >= 4 is 11.9 Å². The van der Waals surface area contributed by atoms with Crippen molar-refractivity contribution in [1.29, 1.82) is 0 Å². The standard InChI is InChI=1S/C16H20N4O5/c1-24-6-3-7-25-14-5-2-4-12(8-14)16(23)17-9-13-10-20(19-18-13)11-15(21)22/h2,4-5,8,10H,3,6-7,9,11H2,1H3,(H,17,23)(H,21,22). The molecular weight excluding hydrogens is 328 g/mol. The molecule has 134 valence electrons. The maximum atomic E-state index is 12.2. The first-order valence-electron chi connectivity index (χ1n) is 7.69. The number of rotatable bonds is 10. The molecule has 0 unspecified atom stereocenters. The molecule has 0 aliphatic carbocycles. The van der Waals surface area contributed by atoms with Gasteiger partial charge in [-0.1, -0.05) is 11.3 Å². The van der Waals surface area contributed by atoms with E-state index in [1.807, 2.05) is 0 Å². The van der Waals surface area contributed by atoms with Crippen molar-refractivity contribution in [2.24, 2.45) is 0 Å². The summed E-state index contributed by atoms with van der Waals surface area (Å²) in [6.07, 6.45) is 2.24. The predicted octanol–water partition coefficient (Wildman–Crippen LogP) is 0.708. The highest BCUT2D eigenvalue weighted by molar-refractivity contribution is 5.94. The van der Waals surface area contributed by atoms with Gasteiger partial charge in [-0.2, -0.15) is 0 Å². The number of nitrogens with one attached hydrogen (secondary N) is 1. The van der Waals surface area contributed by atoms with Gasteiger partial charge in [0, 0.05) is 25.7 Å². The Balaban J connectivity index is 1.85. The molecule has 9 nitrogen and oxygen atoms in total. The molecule has 0 radical (unpaired) electrons. The van der Waals surface area contributed by atoms with E-state index in [4.69, 9.17) is 14.6 Å². The number of carbonyl (C=O) groups excluding carboxylic acids is 1. The normalized spacial score (nSPS) is 10.4. The summed E-state index contributed by atoms with van der Waals surface area (Å²) in [6.45, 7) is 0.995. The van der Waals surface area contributed by atoms with E-state index in [2.05, 4.69) is 15.6 Å². The molecule has 0 atom stereocenters. The van der Waals surface area contributed by atoms with Gasteiger partial charge in [-0.3, -0.25) is 9.59 Å². The van der Waals surface area contributed by atoms with Crippen LogP contribution in [0.3, 0.4) is 0 Å². The highest BCUT2D eigenvalue weighted by atomic mass is 16.5. The van der Waals surface area contributed by atoms with E-state index in [9.17, 15) is 9.59 Å². The molecule has 0 fully saturated rings. The zero-order valence-corrected chi connectivity index (χ0v) is 13.8. The second-order valence-corrected chi connectivity index (χ2v) is 5.21. The Labute approximate surface area is 144 Å². The summed E-state index contributed by atoms with van der Waals surface area (Å²) in [5.74, 6) is -0.686. The first-order chi connectivity index (χ1) is 12.1. The van der Waals surface area contributed by atoms with Crippen LogP contribution >= 0.6 is 0 Å². The second-order valence-electron chi connectivity index (χ2n) is 5.21. The lowest BCUT2D eigenvalue weighted by molar-refractivity contribution is -0.137. The fourth-order valence-corrected chi connectivity index (χ4v) is 2.03. The quantitative estimate of drug-likeness (QED) is 0.607. The topological polar surface area (TPSA) is 116 Å². The molecule has 2 aromatic rings. The van der Waals surface area contributed by atoms with Crippen LogP contribution in [0, 0.1) is 0 Å². The number of amides is 1. The van der Waals surface area contributed by atoms with Crippen LogP contribution in [-0.2, 0) is 22.6 Å². The van der Waals surface area contributed by atoms with Crippen molar-refractivity contribution in [3.05, 3.63) is 41.7 Å². The molecule has 0 bridgehead atoms. The number of carboxylic acids is 1. The molecule has 0 saturated heterocycles. The van der Waals surface area contributed by atoms with Crippen molar-refractivity contribution in [3.63, 3.8) is 0 Å². The van der Waals surface area contributed by atoms with E-state index in [-0.39, 0.29) is 19.0 Å². The van der Waals surface area contributed by atoms with Crippen LogP contribution in [0.1, 0.15) is 22.5 Å². The molecule has 1 amide bonds. The van der Waals surface area contributed by atoms with Crippen LogP contribution in [0.4, 0.5) is 0 Å². The summed E-state index contributed by atoms with van der Waals surface area (Å²) in [6, 6.07) is 6.85. The Morgan fingerprint density at radius 2 is 2.16 bits per heavy atom. The number of hydrogen-bond donors (Lipinski definition) is 2. The van der Waals surface area contributed by atoms with Crippen molar-refractivity contribution in [2.45, 2.75) is 19.5 Å². The molecule has 1 heterocycles. The number of nitrogens with zero attached hydrogens (tertiary/aromatic N) is 3. The molecule has 0 aliphatic heterocycles.